The summed E-state index contributed by atoms with van der Waals surface area (Å²) in [6.07, 6.45) is 5.32. The quantitative estimate of drug-likeness (QED) is 0.668. The fourth-order valence-electron chi connectivity index (χ4n) is 2.47. The summed E-state index contributed by atoms with van der Waals surface area (Å²) in [6, 6.07) is 11.1. The van der Waals surface area contributed by atoms with Gasteiger partial charge in [0.05, 0.1) is 19.9 Å². The third-order valence-corrected chi connectivity index (χ3v) is 3.72. The molecule has 130 valence electrons. The van der Waals surface area contributed by atoms with Gasteiger partial charge in [-0.2, -0.15) is 5.10 Å². The number of carbonyl (C=O) groups is 1. The molecule has 0 fully saturated rings. The second kappa shape index (κ2) is 7.57. The molecule has 0 spiro atoms. The molecule has 7 heteroatoms. The van der Waals surface area contributed by atoms with Crippen LogP contribution in [0.4, 0.5) is 0 Å². The second-order valence-electron chi connectivity index (χ2n) is 5.38. The molecule has 0 atom stereocenters. The van der Waals surface area contributed by atoms with Crippen LogP contribution in [0.25, 0.3) is 5.82 Å². The van der Waals surface area contributed by atoms with E-state index < -0.39 is 0 Å². The highest BCUT2D eigenvalue weighted by molar-refractivity contribution is 5.97. The van der Waals surface area contributed by atoms with E-state index >= 15 is 0 Å². The number of nitrogens with zero attached hydrogens (tertiary/aromatic N) is 3. The lowest BCUT2D eigenvalue weighted by Crippen LogP contribution is -2.28. The van der Waals surface area contributed by atoms with Crippen molar-refractivity contribution in [2.24, 2.45) is 7.05 Å². The monoisotopic (exact) mass is 340 g/mol. The molecule has 0 radical (unpaired) electrons. The van der Waals surface area contributed by atoms with Crippen LogP contribution in [-0.2, 0) is 7.05 Å². The number of nitrogens with one attached hydrogen (secondary N) is 1. The minimum atomic E-state index is -0.185. The maximum Gasteiger partial charge on any atom is 0.256 e. The Morgan fingerprint density at radius 2 is 1.84 bits per heavy atom. The maximum absolute atomic E-state index is 12.4. The summed E-state index contributed by atoms with van der Waals surface area (Å²) < 4.78 is 14.2. The first-order valence-electron chi connectivity index (χ1n) is 7.89. The summed E-state index contributed by atoms with van der Waals surface area (Å²) in [4.78, 5) is 12.4. The van der Waals surface area contributed by atoms with Gasteiger partial charge in [-0.1, -0.05) is 0 Å². The minimum absolute atomic E-state index is 0.185. The van der Waals surface area contributed by atoms with Gasteiger partial charge in [-0.3, -0.25) is 9.48 Å². The molecule has 0 bridgehead atoms. The van der Waals surface area contributed by atoms with Gasteiger partial charge < -0.3 is 19.4 Å². The largest absolute Gasteiger partial charge is 0.497 e. The molecule has 0 saturated carbocycles. The van der Waals surface area contributed by atoms with Gasteiger partial charge in [0.25, 0.3) is 5.91 Å². The Morgan fingerprint density at radius 3 is 2.52 bits per heavy atom. The van der Waals surface area contributed by atoms with E-state index in [9.17, 15) is 4.79 Å². The van der Waals surface area contributed by atoms with Crippen molar-refractivity contribution in [1.29, 1.82) is 0 Å². The summed E-state index contributed by atoms with van der Waals surface area (Å²) >= 11 is 0. The molecule has 0 unspecified atom stereocenters. The number of amides is 1. The average molecular weight is 340 g/mol. The lowest BCUT2D eigenvalue weighted by molar-refractivity contribution is 0.0947. The Balaban J connectivity index is 1.55. The zero-order chi connectivity index (χ0) is 17.6. The van der Waals surface area contributed by atoms with Gasteiger partial charge >= 0.3 is 0 Å². The van der Waals surface area contributed by atoms with E-state index in [0.29, 0.717) is 18.7 Å². The van der Waals surface area contributed by atoms with Crippen molar-refractivity contribution < 1.29 is 14.3 Å². The van der Waals surface area contributed by atoms with Crippen molar-refractivity contribution in [3.63, 3.8) is 0 Å². The zero-order valence-corrected chi connectivity index (χ0v) is 14.2. The highest BCUT2D eigenvalue weighted by Crippen LogP contribution is 2.17. The number of hydrogen-bond acceptors (Lipinski definition) is 4. The number of aromatic nitrogens is 3. The van der Waals surface area contributed by atoms with Crippen LogP contribution in [0.1, 0.15) is 10.4 Å². The Bertz CT molecular complexity index is 823. The SMILES string of the molecule is COc1ccc(OCCNC(=O)c2cnn(C)c2-n2cccc2)cc1. The van der Waals surface area contributed by atoms with E-state index in [1.807, 2.05) is 53.4 Å². The third kappa shape index (κ3) is 3.82. The average Bonchev–Trinajstić information content (AvgIpc) is 3.28. The first-order chi connectivity index (χ1) is 12.2. The van der Waals surface area contributed by atoms with Gasteiger partial charge in [0.15, 0.2) is 0 Å². The minimum Gasteiger partial charge on any atom is -0.497 e. The van der Waals surface area contributed by atoms with Crippen LogP contribution < -0.4 is 14.8 Å². The molecule has 3 rings (SSSR count). The predicted octanol–water partition coefficient (Wildman–Crippen LogP) is 2.03. The summed E-state index contributed by atoms with van der Waals surface area (Å²) in [5, 5.41) is 7.03. The van der Waals surface area contributed by atoms with E-state index in [2.05, 4.69) is 10.4 Å². The Kier molecular flexibility index (Phi) is 5.03. The number of methoxy groups -OCH3 is 1. The van der Waals surface area contributed by atoms with Gasteiger partial charge in [0.2, 0.25) is 0 Å². The molecule has 0 aliphatic heterocycles. The van der Waals surface area contributed by atoms with Crippen molar-refractivity contribution in [2.45, 2.75) is 0 Å². The van der Waals surface area contributed by atoms with Gasteiger partial charge in [-0.25, -0.2) is 0 Å². The lowest BCUT2D eigenvalue weighted by atomic mass is 10.3. The topological polar surface area (TPSA) is 70.3 Å². The van der Waals surface area contributed by atoms with Crippen molar-refractivity contribution in [1.82, 2.24) is 19.7 Å². The first-order valence-corrected chi connectivity index (χ1v) is 7.89. The van der Waals surface area contributed by atoms with Gasteiger partial charge in [0.1, 0.15) is 29.5 Å². The highest BCUT2D eigenvalue weighted by Gasteiger charge is 2.16. The molecule has 0 saturated heterocycles. The molecule has 0 aliphatic carbocycles. The van der Waals surface area contributed by atoms with E-state index in [-0.39, 0.29) is 5.91 Å². The second-order valence-corrected chi connectivity index (χ2v) is 5.38. The molecule has 1 amide bonds. The molecule has 2 aromatic heterocycles. The standard InChI is InChI=1S/C18H20N4O3/c1-21-18(22-10-3-4-11-22)16(13-20-21)17(23)19-9-12-25-15-7-5-14(24-2)6-8-15/h3-8,10-11,13H,9,12H2,1-2H3,(H,19,23). The molecule has 0 aliphatic rings. The molecule has 2 heterocycles. The number of benzene rings is 1. The van der Waals surface area contributed by atoms with Crippen molar-refractivity contribution in [2.75, 3.05) is 20.3 Å². The Hall–Kier alpha value is -3.22. The van der Waals surface area contributed by atoms with Crippen LogP contribution in [0.5, 0.6) is 11.5 Å². The predicted molar refractivity (Wildman–Crippen MR) is 93.4 cm³/mol. The van der Waals surface area contributed by atoms with Gasteiger partial charge in [0, 0.05) is 19.4 Å². The molecule has 1 aromatic carbocycles. The normalized spacial score (nSPS) is 10.5. The zero-order valence-electron chi connectivity index (χ0n) is 14.2. The summed E-state index contributed by atoms with van der Waals surface area (Å²) in [7, 11) is 3.42. The van der Waals surface area contributed by atoms with Crippen molar-refractivity contribution in [3.05, 3.63) is 60.6 Å². The van der Waals surface area contributed by atoms with E-state index in [1.165, 1.54) is 0 Å². The number of aryl methyl sites for hydroxylation is 1. The number of ether oxygens (including phenoxy) is 2. The van der Waals surface area contributed by atoms with Gasteiger partial charge in [-0.15, -0.1) is 0 Å². The lowest BCUT2D eigenvalue weighted by Gasteiger charge is -2.10. The number of rotatable bonds is 7. The summed E-state index contributed by atoms with van der Waals surface area (Å²) in [6.45, 7) is 0.766. The van der Waals surface area contributed by atoms with Crippen LogP contribution in [0, 0.1) is 0 Å². The smallest absolute Gasteiger partial charge is 0.256 e. The fourth-order valence-corrected chi connectivity index (χ4v) is 2.47. The number of hydrogen-bond donors (Lipinski definition) is 1. The van der Waals surface area contributed by atoms with Crippen molar-refractivity contribution >= 4 is 5.91 Å². The summed E-state index contributed by atoms with van der Waals surface area (Å²) in [5.74, 6) is 2.04. The molecular formula is C18H20N4O3. The molecule has 3 aromatic rings. The van der Waals surface area contributed by atoms with Crippen LogP contribution >= 0.6 is 0 Å². The van der Waals surface area contributed by atoms with Crippen molar-refractivity contribution in [3.8, 4) is 17.3 Å². The van der Waals surface area contributed by atoms with E-state index in [0.717, 1.165) is 17.3 Å². The molecule has 1 N–H and O–H groups in total. The van der Waals surface area contributed by atoms with Crippen LogP contribution in [0.3, 0.4) is 0 Å². The third-order valence-electron chi connectivity index (χ3n) is 3.72. The Labute approximate surface area is 145 Å². The molecule has 7 nitrogen and oxygen atoms in total. The van der Waals surface area contributed by atoms with Gasteiger partial charge in [-0.05, 0) is 36.4 Å². The fraction of sp³-hybridized carbons (Fsp3) is 0.222. The number of carbonyl (C=O) groups excluding carboxylic acids is 1. The van der Waals surface area contributed by atoms with Crippen LogP contribution in [-0.4, -0.2) is 40.5 Å². The maximum atomic E-state index is 12.4. The van der Waals surface area contributed by atoms with Crippen LogP contribution in [0.15, 0.2) is 55.0 Å². The Morgan fingerprint density at radius 1 is 1.16 bits per heavy atom. The van der Waals surface area contributed by atoms with Crippen LogP contribution in [0.2, 0.25) is 0 Å². The first kappa shape index (κ1) is 16.6. The highest BCUT2D eigenvalue weighted by atomic mass is 16.5. The summed E-state index contributed by atoms with van der Waals surface area (Å²) in [5.41, 5.74) is 0.517. The molecule has 25 heavy (non-hydrogen) atoms. The molecular weight excluding hydrogens is 320 g/mol. The van der Waals surface area contributed by atoms with E-state index in [4.69, 9.17) is 9.47 Å². The van der Waals surface area contributed by atoms with E-state index in [1.54, 1.807) is 25.0 Å².